The molecular weight excluding hydrogens is 272 g/mol. The second kappa shape index (κ2) is 6.14. The van der Waals surface area contributed by atoms with Crippen LogP contribution in [-0.4, -0.2) is 47.4 Å². The zero-order valence-electron chi connectivity index (χ0n) is 14.1. The van der Waals surface area contributed by atoms with Gasteiger partial charge in [-0.3, -0.25) is 9.69 Å². The molecule has 4 aliphatic rings. The summed E-state index contributed by atoms with van der Waals surface area (Å²) in [5.74, 6) is 2.15. The number of nitrogens with zero attached hydrogens (tertiary/aromatic N) is 2. The Morgan fingerprint density at radius 1 is 0.773 bits per heavy atom. The van der Waals surface area contributed by atoms with Gasteiger partial charge in [-0.2, -0.15) is 0 Å². The molecule has 124 valence electrons. The quantitative estimate of drug-likeness (QED) is 0.797. The largest absolute Gasteiger partial charge is 0.343 e. The minimum atomic E-state index is 0.283. The first-order valence-corrected chi connectivity index (χ1v) is 9.85. The summed E-state index contributed by atoms with van der Waals surface area (Å²) in [5, 5.41) is 0. The van der Waals surface area contributed by atoms with Crippen molar-refractivity contribution in [3.63, 3.8) is 0 Å². The van der Waals surface area contributed by atoms with Gasteiger partial charge in [-0.1, -0.05) is 19.3 Å². The molecule has 0 radical (unpaired) electrons. The van der Waals surface area contributed by atoms with E-state index < -0.39 is 0 Å². The van der Waals surface area contributed by atoms with E-state index in [2.05, 4.69) is 9.80 Å². The number of hydrogen-bond donors (Lipinski definition) is 0. The zero-order valence-corrected chi connectivity index (χ0v) is 14.1. The van der Waals surface area contributed by atoms with Gasteiger partial charge in [-0.15, -0.1) is 0 Å². The van der Waals surface area contributed by atoms with Gasteiger partial charge in [0.2, 0.25) is 5.91 Å². The molecule has 22 heavy (non-hydrogen) atoms. The number of carbonyl (C=O) groups excluding carboxylic acids is 1. The highest BCUT2D eigenvalue weighted by molar-refractivity contribution is 5.78. The van der Waals surface area contributed by atoms with Gasteiger partial charge in [0.1, 0.15) is 0 Å². The fraction of sp³-hybridized carbons (Fsp3) is 0.947. The third-order valence-electron chi connectivity index (χ3n) is 7.03. The first-order valence-electron chi connectivity index (χ1n) is 9.85. The fourth-order valence-corrected chi connectivity index (χ4v) is 5.87. The maximum Gasteiger partial charge on any atom is 0.224 e. The van der Waals surface area contributed by atoms with E-state index in [0.29, 0.717) is 5.91 Å². The van der Waals surface area contributed by atoms with E-state index in [0.717, 1.165) is 31.3 Å². The number of hydrogen-bond acceptors (Lipinski definition) is 2. The van der Waals surface area contributed by atoms with Gasteiger partial charge in [0.05, 0.1) is 0 Å². The van der Waals surface area contributed by atoms with Crippen LogP contribution in [0.3, 0.4) is 0 Å². The fourth-order valence-electron chi connectivity index (χ4n) is 5.87. The Kier molecular flexibility index (Phi) is 4.19. The first kappa shape index (κ1) is 15.0. The van der Waals surface area contributed by atoms with Crippen LogP contribution in [-0.2, 0) is 4.79 Å². The zero-order chi connectivity index (χ0) is 15.0. The molecule has 1 unspecified atom stereocenters. The second-order valence-electron chi connectivity index (χ2n) is 8.15. The lowest BCUT2D eigenvalue weighted by molar-refractivity contribution is -0.134. The highest BCUT2D eigenvalue weighted by Crippen LogP contribution is 2.64. The second-order valence-corrected chi connectivity index (χ2v) is 8.15. The molecule has 0 aromatic heterocycles. The van der Waals surface area contributed by atoms with Crippen molar-refractivity contribution in [3.8, 4) is 0 Å². The highest BCUT2D eigenvalue weighted by Gasteiger charge is 2.67. The van der Waals surface area contributed by atoms with Gasteiger partial charge >= 0.3 is 0 Å². The molecule has 1 amide bonds. The predicted molar refractivity (Wildman–Crippen MR) is 88.7 cm³/mol. The summed E-state index contributed by atoms with van der Waals surface area (Å²) in [6.07, 6.45) is 14.2. The normalized spacial score (nSPS) is 39.4. The van der Waals surface area contributed by atoms with Crippen LogP contribution in [0.1, 0.15) is 70.6 Å². The summed E-state index contributed by atoms with van der Waals surface area (Å²) in [5.41, 5.74) is 0.283. The van der Waals surface area contributed by atoms with Crippen molar-refractivity contribution in [3.05, 3.63) is 0 Å². The van der Waals surface area contributed by atoms with E-state index in [1.807, 2.05) is 0 Å². The van der Waals surface area contributed by atoms with Crippen LogP contribution >= 0.6 is 0 Å². The number of fused-ring (bicyclic) bond motifs is 1. The summed E-state index contributed by atoms with van der Waals surface area (Å²) < 4.78 is 0. The smallest absolute Gasteiger partial charge is 0.224 e. The molecule has 0 aromatic carbocycles. The molecule has 4 rings (SSSR count). The van der Waals surface area contributed by atoms with E-state index in [9.17, 15) is 4.79 Å². The summed E-state index contributed by atoms with van der Waals surface area (Å²) in [6.45, 7) is 4.54. The lowest BCUT2D eigenvalue weighted by atomic mass is 9.99. The average Bonchev–Trinajstić information content (AvgIpc) is 3.25. The molecule has 4 fully saturated rings. The summed E-state index contributed by atoms with van der Waals surface area (Å²) in [4.78, 5) is 17.9. The third kappa shape index (κ3) is 2.50. The average molecular weight is 304 g/mol. The number of likely N-dealkylation sites (tertiary alicyclic amines) is 2. The van der Waals surface area contributed by atoms with E-state index >= 15 is 0 Å². The molecule has 2 saturated carbocycles. The van der Waals surface area contributed by atoms with Gasteiger partial charge in [0, 0.05) is 25.0 Å². The van der Waals surface area contributed by atoms with Crippen molar-refractivity contribution < 1.29 is 4.79 Å². The molecule has 3 nitrogen and oxygen atoms in total. The number of piperidine rings is 2. The van der Waals surface area contributed by atoms with Gasteiger partial charge in [-0.25, -0.2) is 0 Å². The molecular formula is C19H32N2O. The van der Waals surface area contributed by atoms with Crippen LogP contribution < -0.4 is 0 Å². The van der Waals surface area contributed by atoms with Crippen LogP contribution in [0.5, 0.6) is 0 Å². The minimum absolute atomic E-state index is 0.283. The highest BCUT2D eigenvalue weighted by atomic mass is 16.2. The molecule has 2 aliphatic heterocycles. The van der Waals surface area contributed by atoms with Crippen LogP contribution in [0, 0.1) is 11.8 Å². The molecule has 2 aliphatic carbocycles. The standard InChI is InChI=1S/C19H32N2O/c22-18(20-11-5-1-6-12-20)15-19(21-13-7-2-8-14-21)16-9-3-4-10-17(16)19/h16-17H,1-15H2/t16-,17+,19?. The van der Waals surface area contributed by atoms with E-state index in [4.69, 9.17) is 0 Å². The van der Waals surface area contributed by atoms with Gasteiger partial charge < -0.3 is 4.90 Å². The Balaban J connectivity index is 1.49. The summed E-state index contributed by atoms with van der Waals surface area (Å²) in [6, 6.07) is 0. The lowest BCUT2D eigenvalue weighted by Gasteiger charge is -2.38. The van der Waals surface area contributed by atoms with Gasteiger partial charge in [0.25, 0.3) is 0 Å². The van der Waals surface area contributed by atoms with Gasteiger partial charge in [0.15, 0.2) is 0 Å². The lowest BCUT2D eigenvalue weighted by Crippen LogP contribution is -2.48. The Hall–Kier alpha value is -0.570. The summed E-state index contributed by atoms with van der Waals surface area (Å²) in [7, 11) is 0. The van der Waals surface area contributed by atoms with E-state index in [1.165, 1.54) is 77.3 Å². The van der Waals surface area contributed by atoms with Crippen LogP contribution in [0.25, 0.3) is 0 Å². The molecule has 3 heteroatoms. The van der Waals surface area contributed by atoms with E-state index in [-0.39, 0.29) is 5.54 Å². The van der Waals surface area contributed by atoms with E-state index in [1.54, 1.807) is 0 Å². The molecule has 0 N–H and O–H groups in total. The Labute approximate surface area is 135 Å². The summed E-state index contributed by atoms with van der Waals surface area (Å²) >= 11 is 0. The molecule has 2 saturated heterocycles. The molecule has 0 bridgehead atoms. The molecule has 3 atom stereocenters. The Morgan fingerprint density at radius 2 is 1.32 bits per heavy atom. The maximum atomic E-state index is 12.9. The predicted octanol–water partition coefficient (Wildman–Crippen LogP) is 3.43. The third-order valence-corrected chi connectivity index (χ3v) is 7.03. The molecule has 0 aromatic rings. The Morgan fingerprint density at radius 3 is 1.91 bits per heavy atom. The van der Waals surface area contributed by atoms with Gasteiger partial charge in [-0.05, 0) is 69.9 Å². The van der Waals surface area contributed by atoms with Crippen molar-refractivity contribution >= 4 is 5.91 Å². The van der Waals surface area contributed by atoms with Crippen molar-refractivity contribution in [2.24, 2.45) is 11.8 Å². The first-order chi connectivity index (χ1) is 10.8. The number of carbonyl (C=O) groups is 1. The Bertz CT molecular complexity index is 398. The maximum absolute atomic E-state index is 12.9. The van der Waals surface area contributed by atoms with Crippen molar-refractivity contribution in [2.45, 2.75) is 76.2 Å². The van der Waals surface area contributed by atoms with Crippen molar-refractivity contribution in [1.29, 1.82) is 0 Å². The monoisotopic (exact) mass is 304 g/mol. The van der Waals surface area contributed by atoms with Crippen molar-refractivity contribution in [1.82, 2.24) is 9.80 Å². The molecule has 0 spiro atoms. The van der Waals surface area contributed by atoms with Crippen LogP contribution in [0.15, 0.2) is 0 Å². The van der Waals surface area contributed by atoms with Crippen LogP contribution in [0.2, 0.25) is 0 Å². The van der Waals surface area contributed by atoms with Crippen molar-refractivity contribution in [2.75, 3.05) is 26.2 Å². The molecule has 2 heterocycles. The van der Waals surface area contributed by atoms with Crippen LogP contribution in [0.4, 0.5) is 0 Å². The number of amides is 1. The number of rotatable bonds is 3. The minimum Gasteiger partial charge on any atom is -0.343 e. The topological polar surface area (TPSA) is 23.6 Å². The SMILES string of the molecule is O=C(CC1(N2CCCCC2)[C@@H]2CCCC[C@@H]21)N1CCCCC1.